The van der Waals surface area contributed by atoms with Gasteiger partial charge in [0.2, 0.25) is 5.91 Å². The first kappa shape index (κ1) is 17.7. The number of ether oxygens (including phenoxy) is 1. The summed E-state index contributed by atoms with van der Waals surface area (Å²) in [7, 11) is 0. The van der Waals surface area contributed by atoms with Gasteiger partial charge in [0.15, 0.2) is 0 Å². The zero-order valence-electron chi connectivity index (χ0n) is 12.0. The van der Waals surface area contributed by atoms with E-state index in [9.17, 15) is 9.59 Å². The van der Waals surface area contributed by atoms with Crippen LogP contribution in [0.3, 0.4) is 0 Å². The molecule has 5 nitrogen and oxygen atoms in total. The minimum absolute atomic E-state index is 0.140. The van der Waals surface area contributed by atoms with Crippen LogP contribution in [0.2, 0.25) is 0 Å². The SMILES string of the molecule is CCOCCCC(=O)NC(CC(=O)O)c1ccc(Br)cc1. The highest BCUT2D eigenvalue weighted by Crippen LogP contribution is 2.20. The van der Waals surface area contributed by atoms with Gasteiger partial charge in [0, 0.05) is 24.1 Å². The molecular formula is C15H20BrNO4. The van der Waals surface area contributed by atoms with Crippen molar-refractivity contribution in [2.75, 3.05) is 13.2 Å². The smallest absolute Gasteiger partial charge is 0.305 e. The van der Waals surface area contributed by atoms with Crippen molar-refractivity contribution in [3.63, 3.8) is 0 Å². The van der Waals surface area contributed by atoms with Gasteiger partial charge in [-0.05, 0) is 31.0 Å². The molecule has 6 heteroatoms. The zero-order valence-corrected chi connectivity index (χ0v) is 13.6. The van der Waals surface area contributed by atoms with Crippen LogP contribution < -0.4 is 5.32 Å². The lowest BCUT2D eigenvalue weighted by atomic mass is 10.0. The second kappa shape index (κ2) is 9.52. The Morgan fingerprint density at radius 2 is 2.00 bits per heavy atom. The molecule has 0 fully saturated rings. The van der Waals surface area contributed by atoms with E-state index in [0.29, 0.717) is 26.1 Å². The summed E-state index contributed by atoms with van der Waals surface area (Å²) >= 11 is 3.33. The van der Waals surface area contributed by atoms with Crippen molar-refractivity contribution in [1.29, 1.82) is 0 Å². The van der Waals surface area contributed by atoms with E-state index in [4.69, 9.17) is 9.84 Å². The number of carboxylic acid groups (broad SMARTS) is 1. The van der Waals surface area contributed by atoms with Gasteiger partial charge in [0.1, 0.15) is 0 Å². The first-order chi connectivity index (χ1) is 10.0. The number of nitrogens with one attached hydrogen (secondary N) is 1. The summed E-state index contributed by atoms with van der Waals surface area (Å²) in [5.74, 6) is -1.11. The first-order valence-corrected chi connectivity index (χ1v) is 7.66. The Balaban J connectivity index is 2.59. The van der Waals surface area contributed by atoms with Crippen molar-refractivity contribution in [1.82, 2.24) is 5.32 Å². The molecule has 21 heavy (non-hydrogen) atoms. The molecule has 0 aliphatic carbocycles. The maximum atomic E-state index is 11.9. The van der Waals surface area contributed by atoms with Crippen LogP contribution in [0.1, 0.15) is 37.8 Å². The van der Waals surface area contributed by atoms with Gasteiger partial charge in [-0.15, -0.1) is 0 Å². The van der Waals surface area contributed by atoms with Crippen LogP contribution in [0, 0.1) is 0 Å². The molecule has 1 aromatic rings. The zero-order chi connectivity index (χ0) is 15.7. The number of aliphatic carboxylic acids is 1. The predicted molar refractivity (Wildman–Crippen MR) is 83.0 cm³/mol. The van der Waals surface area contributed by atoms with Crippen molar-refractivity contribution in [3.8, 4) is 0 Å². The quantitative estimate of drug-likeness (QED) is 0.666. The second-order valence-corrected chi connectivity index (χ2v) is 5.49. The van der Waals surface area contributed by atoms with Gasteiger partial charge in [0.05, 0.1) is 12.5 Å². The molecule has 0 heterocycles. The molecular weight excluding hydrogens is 338 g/mol. The minimum Gasteiger partial charge on any atom is -0.481 e. The minimum atomic E-state index is -0.947. The number of amides is 1. The fraction of sp³-hybridized carbons (Fsp3) is 0.467. The summed E-state index contributed by atoms with van der Waals surface area (Å²) in [5.41, 5.74) is 0.777. The van der Waals surface area contributed by atoms with E-state index >= 15 is 0 Å². The van der Waals surface area contributed by atoms with Gasteiger partial charge in [-0.3, -0.25) is 9.59 Å². The Kier molecular flexibility index (Phi) is 8.00. The molecule has 1 unspecified atom stereocenters. The Labute approximate surface area is 132 Å². The lowest BCUT2D eigenvalue weighted by Crippen LogP contribution is -2.30. The van der Waals surface area contributed by atoms with Crippen molar-refractivity contribution in [2.45, 2.75) is 32.2 Å². The van der Waals surface area contributed by atoms with Crippen LogP contribution in [-0.4, -0.2) is 30.2 Å². The van der Waals surface area contributed by atoms with Crippen LogP contribution >= 0.6 is 15.9 Å². The number of benzene rings is 1. The number of hydrogen-bond donors (Lipinski definition) is 2. The lowest BCUT2D eigenvalue weighted by molar-refractivity contribution is -0.137. The van der Waals surface area contributed by atoms with E-state index in [0.717, 1.165) is 10.0 Å². The van der Waals surface area contributed by atoms with E-state index in [-0.39, 0.29) is 12.3 Å². The van der Waals surface area contributed by atoms with Gasteiger partial charge < -0.3 is 15.2 Å². The number of carbonyl (C=O) groups is 2. The summed E-state index contributed by atoms with van der Waals surface area (Å²) in [5, 5.41) is 11.7. The standard InChI is InChI=1S/C15H20BrNO4/c1-2-21-9-3-4-14(18)17-13(10-15(19)20)11-5-7-12(16)8-6-11/h5-8,13H,2-4,9-10H2,1H3,(H,17,18)(H,19,20). The van der Waals surface area contributed by atoms with Gasteiger partial charge >= 0.3 is 5.97 Å². The van der Waals surface area contributed by atoms with Crippen molar-refractivity contribution < 1.29 is 19.4 Å². The van der Waals surface area contributed by atoms with Gasteiger partial charge in [-0.1, -0.05) is 28.1 Å². The third-order valence-corrected chi connectivity index (χ3v) is 3.41. The first-order valence-electron chi connectivity index (χ1n) is 6.87. The van der Waals surface area contributed by atoms with Gasteiger partial charge in [0.25, 0.3) is 0 Å². The van der Waals surface area contributed by atoms with E-state index in [1.54, 1.807) is 12.1 Å². The van der Waals surface area contributed by atoms with Crippen molar-refractivity contribution in [3.05, 3.63) is 34.3 Å². The molecule has 0 saturated carbocycles. The second-order valence-electron chi connectivity index (χ2n) is 4.57. The number of carbonyl (C=O) groups excluding carboxylic acids is 1. The van der Waals surface area contributed by atoms with Crippen LogP contribution in [0.25, 0.3) is 0 Å². The Hall–Kier alpha value is -1.40. The monoisotopic (exact) mass is 357 g/mol. The summed E-state index contributed by atoms with van der Waals surface area (Å²) in [6.45, 7) is 3.06. The third-order valence-electron chi connectivity index (χ3n) is 2.88. The maximum absolute atomic E-state index is 11.9. The molecule has 1 rings (SSSR count). The van der Waals surface area contributed by atoms with Crippen molar-refractivity contribution >= 4 is 27.8 Å². The van der Waals surface area contributed by atoms with E-state index in [1.807, 2.05) is 19.1 Å². The average Bonchev–Trinajstić information content (AvgIpc) is 2.43. The van der Waals surface area contributed by atoms with E-state index < -0.39 is 12.0 Å². The highest BCUT2D eigenvalue weighted by atomic mass is 79.9. The Morgan fingerprint density at radius 1 is 1.33 bits per heavy atom. The highest BCUT2D eigenvalue weighted by Gasteiger charge is 2.17. The number of hydrogen-bond acceptors (Lipinski definition) is 3. The number of rotatable bonds is 9. The average molecular weight is 358 g/mol. The fourth-order valence-electron chi connectivity index (χ4n) is 1.87. The molecule has 0 aliphatic heterocycles. The summed E-state index contributed by atoms with van der Waals surface area (Å²) in [6, 6.07) is 6.74. The molecule has 0 saturated heterocycles. The normalized spacial score (nSPS) is 11.9. The molecule has 1 atom stereocenters. The Morgan fingerprint density at radius 3 is 2.57 bits per heavy atom. The summed E-state index contributed by atoms with van der Waals surface area (Å²) in [4.78, 5) is 22.8. The van der Waals surface area contributed by atoms with Gasteiger partial charge in [-0.25, -0.2) is 0 Å². The molecule has 1 aromatic carbocycles. The molecule has 0 bridgehead atoms. The lowest BCUT2D eigenvalue weighted by Gasteiger charge is -2.17. The molecule has 116 valence electrons. The third kappa shape index (κ3) is 7.24. The van der Waals surface area contributed by atoms with Crippen LogP contribution in [0.15, 0.2) is 28.7 Å². The molecule has 0 aromatic heterocycles. The topological polar surface area (TPSA) is 75.6 Å². The Bertz CT molecular complexity index is 461. The van der Waals surface area contributed by atoms with Crippen LogP contribution in [-0.2, 0) is 14.3 Å². The molecule has 0 aliphatic rings. The number of carboxylic acids is 1. The van der Waals surface area contributed by atoms with Gasteiger partial charge in [-0.2, -0.15) is 0 Å². The predicted octanol–water partition coefficient (Wildman–Crippen LogP) is 2.90. The fourth-order valence-corrected chi connectivity index (χ4v) is 2.13. The molecule has 0 radical (unpaired) electrons. The molecule has 2 N–H and O–H groups in total. The van der Waals surface area contributed by atoms with Crippen LogP contribution in [0.5, 0.6) is 0 Å². The van der Waals surface area contributed by atoms with Crippen molar-refractivity contribution in [2.24, 2.45) is 0 Å². The van der Waals surface area contributed by atoms with E-state index in [1.165, 1.54) is 0 Å². The summed E-state index contributed by atoms with van der Waals surface area (Å²) in [6.07, 6.45) is 0.811. The van der Waals surface area contributed by atoms with E-state index in [2.05, 4.69) is 21.2 Å². The summed E-state index contributed by atoms with van der Waals surface area (Å²) < 4.78 is 6.08. The number of halogens is 1. The highest BCUT2D eigenvalue weighted by molar-refractivity contribution is 9.10. The maximum Gasteiger partial charge on any atom is 0.305 e. The molecule has 0 spiro atoms. The largest absolute Gasteiger partial charge is 0.481 e. The van der Waals surface area contributed by atoms with Crippen LogP contribution in [0.4, 0.5) is 0 Å². The molecule has 1 amide bonds.